The van der Waals surface area contributed by atoms with Gasteiger partial charge in [-0.2, -0.15) is 0 Å². The fraction of sp³-hybridized carbons (Fsp3) is 0.400. The second kappa shape index (κ2) is 3.25. The molecule has 0 amide bonds. The first-order valence-electron chi connectivity index (χ1n) is 4.40. The van der Waals surface area contributed by atoms with Crippen molar-refractivity contribution in [2.75, 3.05) is 13.1 Å². The molecule has 2 nitrogen and oxygen atoms in total. The van der Waals surface area contributed by atoms with Crippen LogP contribution in [-0.2, 0) is 6.54 Å². The van der Waals surface area contributed by atoms with Crippen molar-refractivity contribution in [1.29, 1.82) is 0 Å². The van der Waals surface area contributed by atoms with Crippen LogP contribution in [0.1, 0.15) is 17.0 Å². The standard InChI is InChI=1S/C10H14N2/c11-5-9-7-12-6-8-3-1-2-4-10(8)9/h1-4,9,12H,5-7,11H2/t9-/m1/s1. The van der Waals surface area contributed by atoms with Crippen LogP contribution >= 0.6 is 0 Å². The smallest absolute Gasteiger partial charge is 0.0208 e. The second-order valence-corrected chi connectivity index (χ2v) is 3.26. The fourth-order valence-corrected chi connectivity index (χ4v) is 1.79. The van der Waals surface area contributed by atoms with E-state index in [1.165, 1.54) is 11.1 Å². The summed E-state index contributed by atoms with van der Waals surface area (Å²) in [6.45, 7) is 2.75. The number of nitrogens with two attached hydrogens (primary N) is 1. The van der Waals surface area contributed by atoms with Gasteiger partial charge in [0.2, 0.25) is 0 Å². The zero-order chi connectivity index (χ0) is 8.39. The molecule has 12 heavy (non-hydrogen) atoms. The summed E-state index contributed by atoms with van der Waals surface area (Å²) in [7, 11) is 0. The SMILES string of the molecule is NC[C@@H]1CNCc2ccccc21. The summed E-state index contributed by atoms with van der Waals surface area (Å²) in [5, 5.41) is 3.36. The van der Waals surface area contributed by atoms with Gasteiger partial charge in [-0.25, -0.2) is 0 Å². The van der Waals surface area contributed by atoms with E-state index in [1.54, 1.807) is 0 Å². The number of fused-ring (bicyclic) bond motifs is 1. The Morgan fingerprint density at radius 3 is 3.08 bits per heavy atom. The van der Waals surface area contributed by atoms with Crippen LogP contribution in [0.15, 0.2) is 24.3 Å². The summed E-state index contributed by atoms with van der Waals surface area (Å²) >= 11 is 0. The van der Waals surface area contributed by atoms with Crippen molar-refractivity contribution in [2.45, 2.75) is 12.5 Å². The monoisotopic (exact) mass is 162 g/mol. The molecule has 0 aliphatic carbocycles. The van der Waals surface area contributed by atoms with Gasteiger partial charge in [-0.1, -0.05) is 24.3 Å². The van der Waals surface area contributed by atoms with Crippen LogP contribution in [0, 0.1) is 0 Å². The van der Waals surface area contributed by atoms with E-state index in [0.29, 0.717) is 5.92 Å². The number of benzene rings is 1. The van der Waals surface area contributed by atoms with E-state index in [2.05, 4.69) is 29.6 Å². The lowest BCUT2D eigenvalue weighted by atomic mass is 9.91. The van der Waals surface area contributed by atoms with Gasteiger partial charge in [-0.15, -0.1) is 0 Å². The summed E-state index contributed by atoms with van der Waals surface area (Å²) in [5.41, 5.74) is 8.51. The van der Waals surface area contributed by atoms with Crippen LogP contribution in [-0.4, -0.2) is 13.1 Å². The Hall–Kier alpha value is -0.860. The van der Waals surface area contributed by atoms with E-state index < -0.39 is 0 Å². The van der Waals surface area contributed by atoms with Crippen molar-refractivity contribution in [3.8, 4) is 0 Å². The molecule has 1 aromatic carbocycles. The molecule has 2 heteroatoms. The lowest BCUT2D eigenvalue weighted by Gasteiger charge is -2.24. The molecule has 0 saturated heterocycles. The van der Waals surface area contributed by atoms with E-state index in [-0.39, 0.29) is 0 Å². The third kappa shape index (κ3) is 1.24. The van der Waals surface area contributed by atoms with Gasteiger partial charge >= 0.3 is 0 Å². The highest BCUT2D eigenvalue weighted by Crippen LogP contribution is 2.22. The van der Waals surface area contributed by atoms with Crippen molar-refractivity contribution in [1.82, 2.24) is 5.32 Å². The molecule has 1 heterocycles. The molecule has 1 aliphatic rings. The highest BCUT2D eigenvalue weighted by Gasteiger charge is 2.16. The minimum Gasteiger partial charge on any atom is -0.330 e. The summed E-state index contributed by atoms with van der Waals surface area (Å²) < 4.78 is 0. The van der Waals surface area contributed by atoms with Crippen LogP contribution in [0.25, 0.3) is 0 Å². The number of hydrogen-bond acceptors (Lipinski definition) is 2. The van der Waals surface area contributed by atoms with Gasteiger partial charge in [-0.05, 0) is 11.1 Å². The molecule has 0 bridgehead atoms. The second-order valence-electron chi connectivity index (χ2n) is 3.26. The molecule has 0 saturated carbocycles. The van der Waals surface area contributed by atoms with E-state index in [1.807, 2.05) is 0 Å². The lowest BCUT2D eigenvalue weighted by Crippen LogP contribution is -2.32. The van der Waals surface area contributed by atoms with E-state index in [9.17, 15) is 0 Å². The molecule has 0 unspecified atom stereocenters. The minimum absolute atomic E-state index is 0.509. The first-order chi connectivity index (χ1) is 5.92. The van der Waals surface area contributed by atoms with E-state index >= 15 is 0 Å². The van der Waals surface area contributed by atoms with Crippen molar-refractivity contribution in [2.24, 2.45) is 5.73 Å². The quantitative estimate of drug-likeness (QED) is 0.642. The van der Waals surface area contributed by atoms with Gasteiger partial charge in [0.1, 0.15) is 0 Å². The third-order valence-corrected chi connectivity index (χ3v) is 2.49. The average Bonchev–Trinajstić information content (AvgIpc) is 2.17. The fourth-order valence-electron chi connectivity index (χ4n) is 1.79. The van der Waals surface area contributed by atoms with Crippen LogP contribution in [0.2, 0.25) is 0 Å². The molecule has 0 aromatic heterocycles. The Morgan fingerprint density at radius 1 is 1.42 bits per heavy atom. The summed E-state index contributed by atoms with van der Waals surface area (Å²) in [5.74, 6) is 0.509. The Morgan fingerprint density at radius 2 is 2.25 bits per heavy atom. The van der Waals surface area contributed by atoms with Crippen LogP contribution in [0.5, 0.6) is 0 Å². The minimum atomic E-state index is 0.509. The molecule has 64 valence electrons. The van der Waals surface area contributed by atoms with Crippen molar-refractivity contribution in [3.63, 3.8) is 0 Å². The Kier molecular flexibility index (Phi) is 2.11. The molecule has 2 rings (SSSR count). The molecule has 0 fully saturated rings. The number of nitrogens with one attached hydrogen (secondary N) is 1. The van der Waals surface area contributed by atoms with Gasteiger partial charge in [0.25, 0.3) is 0 Å². The predicted molar refractivity (Wildman–Crippen MR) is 49.9 cm³/mol. The van der Waals surface area contributed by atoms with Crippen molar-refractivity contribution in [3.05, 3.63) is 35.4 Å². The molecular weight excluding hydrogens is 148 g/mol. The maximum absolute atomic E-state index is 5.68. The molecule has 1 atom stereocenters. The predicted octanol–water partition coefficient (Wildman–Crippen LogP) is 0.832. The van der Waals surface area contributed by atoms with E-state index in [4.69, 9.17) is 5.73 Å². The van der Waals surface area contributed by atoms with Crippen LogP contribution in [0.3, 0.4) is 0 Å². The lowest BCUT2D eigenvalue weighted by molar-refractivity contribution is 0.547. The molecule has 1 aliphatic heterocycles. The van der Waals surface area contributed by atoms with Gasteiger partial charge in [0.05, 0.1) is 0 Å². The summed E-state index contributed by atoms with van der Waals surface area (Å²) in [6.07, 6.45) is 0. The van der Waals surface area contributed by atoms with Crippen LogP contribution < -0.4 is 11.1 Å². The number of rotatable bonds is 1. The summed E-state index contributed by atoms with van der Waals surface area (Å²) in [6, 6.07) is 8.53. The maximum Gasteiger partial charge on any atom is 0.0208 e. The molecule has 3 N–H and O–H groups in total. The normalized spacial score (nSPS) is 21.9. The van der Waals surface area contributed by atoms with Gasteiger partial charge in [0, 0.05) is 25.6 Å². The first kappa shape index (κ1) is 7.77. The summed E-state index contributed by atoms with van der Waals surface area (Å²) in [4.78, 5) is 0. The zero-order valence-electron chi connectivity index (χ0n) is 7.09. The molecule has 1 aromatic rings. The number of hydrogen-bond donors (Lipinski definition) is 2. The third-order valence-electron chi connectivity index (χ3n) is 2.49. The Bertz CT molecular complexity index is 270. The van der Waals surface area contributed by atoms with Crippen molar-refractivity contribution >= 4 is 0 Å². The molecular formula is C10H14N2. The topological polar surface area (TPSA) is 38.0 Å². The van der Waals surface area contributed by atoms with E-state index in [0.717, 1.165) is 19.6 Å². The molecule has 0 radical (unpaired) electrons. The largest absolute Gasteiger partial charge is 0.330 e. The van der Waals surface area contributed by atoms with Gasteiger partial charge in [-0.3, -0.25) is 0 Å². The Balaban J connectivity index is 2.37. The van der Waals surface area contributed by atoms with Crippen molar-refractivity contribution < 1.29 is 0 Å². The van der Waals surface area contributed by atoms with Gasteiger partial charge in [0.15, 0.2) is 0 Å². The highest BCUT2D eigenvalue weighted by atomic mass is 14.9. The zero-order valence-corrected chi connectivity index (χ0v) is 7.09. The average molecular weight is 162 g/mol. The van der Waals surface area contributed by atoms with Crippen LogP contribution in [0.4, 0.5) is 0 Å². The maximum atomic E-state index is 5.68. The van der Waals surface area contributed by atoms with Gasteiger partial charge < -0.3 is 11.1 Å². The Labute approximate surface area is 72.8 Å². The first-order valence-corrected chi connectivity index (χ1v) is 4.40. The highest BCUT2D eigenvalue weighted by molar-refractivity contribution is 5.32. The molecule has 0 spiro atoms.